The van der Waals surface area contributed by atoms with E-state index in [1.807, 2.05) is 0 Å². The van der Waals surface area contributed by atoms with Gasteiger partial charge in [-0.25, -0.2) is 4.79 Å². The molecule has 0 rings (SSSR count). The number of hydrogen-bond donors (Lipinski definition) is 2. The van der Waals surface area contributed by atoms with Crippen molar-refractivity contribution in [3.05, 3.63) is 19.8 Å². The zero-order valence-electron chi connectivity index (χ0n) is 3.66. The number of rotatable bonds is 1. The average molecular weight is 102 g/mol. The Morgan fingerprint density at radius 1 is 1.71 bits per heavy atom. The lowest BCUT2D eigenvalue weighted by Crippen LogP contribution is -1.82. The van der Waals surface area contributed by atoms with Crippen LogP contribution in [0, 0.1) is 7.11 Å². The molecule has 0 amide bonds. The molecule has 0 fully saturated rings. The van der Waals surface area contributed by atoms with E-state index in [4.69, 9.17) is 10.2 Å². The molecular formula is C4H6O3. The summed E-state index contributed by atoms with van der Waals surface area (Å²) in [6, 6.07) is 0. The Kier molecular flexibility index (Phi) is 12.1. The van der Waals surface area contributed by atoms with Crippen molar-refractivity contribution in [1.82, 2.24) is 0 Å². The molecule has 0 aromatic carbocycles. The van der Waals surface area contributed by atoms with Crippen molar-refractivity contribution in [3.63, 3.8) is 0 Å². The molecular weight excluding hydrogens is 96.0 g/mol. The van der Waals surface area contributed by atoms with Crippen LogP contribution in [0.25, 0.3) is 0 Å². The number of aliphatic carboxylic acids is 1. The average Bonchev–Trinajstić information content (AvgIpc) is 1.73. The third-order valence-electron chi connectivity index (χ3n) is 0.175. The van der Waals surface area contributed by atoms with Crippen molar-refractivity contribution in [1.29, 1.82) is 0 Å². The van der Waals surface area contributed by atoms with Gasteiger partial charge in [-0.15, -0.1) is 0 Å². The van der Waals surface area contributed by atoms with E-state index >= 15 is 0 Å². The molecule has 0 saturated heterocycles. The lowest BCUT2D eigenvalue weighted by molar-refractivity contribution is -0.131. The van der Waals surface area contributed by atoms with Crippen molar-refractivity contribution in [2.24, 2.45) is 0 Å². The standard InChI is InChI=1S/C3H4O2.CH2O/c1-2-3(4)5;1-2/h2H,1H2,(H,4,5);1-2H. The van der Waals surface area contributed by atoms with Crippen LogP contribution >= 0.6 is 0 Å². The van der Waals surface area contributed by atoms with Crippen LogP contribution in [0.3, 0.4) is 0 Å². The van der Waals surface area contributed by atoms with Crippen molar-refractivity contribution >= 4 is 5.97 Å². The molecule has 0 aliphatic rings. The number of carboxylic acids is 1. The minimum atomic E-state index is -0.981. The van der Waals surface area contributed by atoms with Crippen LogP contribution in [0.4, 0.5) is 0 Å². The van der Waals surface area contributed by atoms with Crippen molar-refractivity contribution in [3.8, 4) is 0 Å². The predicted octanol–water partition coefficient (Wildman–Crippen LogP) is 0.284. The van der Waals surface area contributed by atoms with Gasteiger partial charge in [-0.1, -0.05) is 6.58 Å². The lowest BCUT2D eigenvalue weighted by Gasteiger charge is -1.64. The van der Waals surface area contributed by atoms with Gasteiger partial charge in [-0.05, 0) is 0 Å². The topological polar surface area (TPSA) is 57.5 Å². The fraction of sp³-hybridized carbons (Fsp3) is 0. The largest absolute Gasteiger partial charge is 0.478 e. The molecule has 7 heavy (non-hydrogen) atoms. The third kappa shape index (κ3) is 38.0. The van der Waals surface area contributed by atoms with Gasteiger partial charge in [0.25, 0.3) is 0 Å². The molecule has 0 spiro atoms. The first-order valence-corrected chi connectivity index (χ1v) is 1.38. The first-order valence-electron chi connectivity index (χ1n) is 1.38. The van der Waals surface area contributed by atoms with E-state index in [1.165, 1.54) is 0 Å². The van der Waals surface area contributed by atoms with Crippen LogP contribution in [0.5, 0.6) is 0 Å². The van der Waals surface area contributed by atoms with Crippen LogP contribution in [-0.4, -0.2) is 16.2 Å². The Morgan fingerprint density at radius 2 is 1.86 bits per heavy atom. The van der Waals surface area contributed by atoms with Gasteiger partial charge in [-0.3, -0.25) is 0 Å². The second kappa shape index (κ2) is 8.95. The van der Waals surface area contributed by atoms with Crippen LogP contribution in [0.15, 0.2) is 12.7 Å². The van der Waals surface area contributed by atoms with Gasteiger partial charge in [0.2, 0.25) is 0 Å². The van der Waals surface area contributed by atoms with Gasteiger partial charge in [-0.2, -0.15) is 0 Å². The van der Waals surface area contributed by atoms with E-state index in [0.717, 1.165) is 6.08 Å². The zero-order valence-corrected chi connectivity index (χ0v) is 3.66. The summed E-state index contributed by atoms with van der Waals surface area (Å²) >= 11 is 0. The molecule has 2 N–H and O–H groups in total. The maximum atomic E-state index is 9.25. The van der Waals surface area contributed by atoms with Crippen LogP contribution < -0.4 is 0 Å². The fourth-order valence-electron chi connectivity index (χ4n) is 0. The molecule has 0 unspecified atom stereocenters. The van der Waals surface area contributed by atoms with E-state index in [-0.39, 0.29) is 0 Å². The summed E-state index contributed by atoms with van der Waals surface area (Å²) in [6.07, 6.45) is 0.833. The highest BCUT2D eigenvalue weighted by Crippen LogP contribution is 1.54. The third-order valence-corrected chi connectivity index (χ3v) is 0.175. The molecule has 0 saturated carbocycles. The Bertz CT molecular complexity index is 58.0. The Balaban J connectivity index is 0. The summed E-state index contributed by atoms with van der Waals surface area (Å²) in [5, 5.41) is 14.1. The first-order chi connectivity index (χ1) is 3.27. The van der Waals surface area contributed by atoms with E-state index < -0.39 is 5.97 Å². The van der Waals surface area contributed by atoms with Gasteiger partial charge in [0.05, 0.1) is 0 Å². The molecule has 0 aromatic heterocycles. The molecule has 2 radical (unpaired) electrons. The highest BCUT2D eigenvalue weighted by Gasteiger charge is 1.73. The van der Waals surface area contributed by atoms with Gasteiger partial charge in [0.1, 0.15) is 7.11 Å². The quantitative estimate of drug-likeness (QED) is 0.467. The van der Waals surface area contributed by atoms with E-state index in [1.54, 1.807) is 0 Å². The molecule has 40 valence electrons. The predicted molar refractivity (Wildman–Crippen MR) is 24.1 cm³/mol. The summed E-state index contributed by atoms with van der Waals surface area (Å²) in [5.41, 5.74) is 0. The minimum Gasteiger partial charge on any atom is -0.478 e. The highest BCUT2D eigenvalue weighted by atomic mass is 16.4. The molecule has 0 aliphatic heterocycles. The van der Waals surface area contributed by atoms with E-state index in [0.29, 0.717) is 0 Å². The smallest absolute Gasteiger partial charge is 0.327 e. The van der Waals surface area contributed by atoms with Crippen LogP contribution in [0.2, 0.25) is 0 Å². The van der Waals surface area contributed by atoms with E-state index in [2.05, 4.69) is 13.7 Å². The second-order valence-corrected chi connectivity index (χ2v) is 0.542. The summed E-state index contributed by atoms with van der Waals surface area (Å²) in [5.74, 6) is -0.981. The number of carboxylic acid groups (broad SMARTS) is 1. The summed E-state index contributed by atoms with van der Waals surface area (Å²) in [4.78, 5) is 9.25. The van der Waals surface area contributed by atoms with Gasteiger partial charge in [0, 0.05) is 6.08 Å². The maximum absolute atomic E-state index is 9.25. The number of aliphatic hydroxyl groups is 1. The SMILES string of the molecule is C=CC(=O)O.[CH]O. The van der Waals surface area contributed by atoms with Crippen molar-refractivity contribution in [2.75, 3.05) is 0 Å². The number of aliphatic hydroxyl groups excluding tert-OH is 1. The number of hydrogen-bond acceptors (Lipinski definition) is 2. The summed E-state index contributed by atoms with van der Waals surface area (Å²) < 4.78 is 0. The molecule has 3 nitrogen and oxygen atoms in total. The fourth-order valence-corrected chi connectivity index (χ4v) is 0. The van der Waals surface area contributed by atoms with Gasteiger partial charge in [0.15, 0.2) is 0 Å². The first kappa shape index (κ1) is 9.48. The zero-order chi connectivity index (χ0) is 6.28. The molecule has 0 atom stereocenters. The summed E-state index contributed by atoms with van der Waals surface area (Å²) in [7, 11) is 3.50. The lowest BCUT2D eigenvalue weighted by atomic mass is 10.7. The Morgan fingerprint density at radius 3 is 1.86 bits per heavy atom. The van der Waals surface area contributed by atoms with Crippen LogP contribution in [-0.2, 0) is 4.79 Å². The minimum absolute atomic E-state index is 0.833. The van der Waals surface area contributed by atoms with Crippen molar-refractivity contribution < 1.29 is 15.0 Å². The van der Waals surface area contributed by atoms with Crippen LogP contribution in [0.1, 0.15) is 0 Å². The number of carbonyl (C=O) groups is 1. The molecule has 3 heteroatoms. The molecule has 0 heterocycles. The van der Waals surface area contributed by atoms with Gasteiger partial charge < -0.3 is 10.2 Å². The molecule has 0 aromatic rings. The Hall–Kier alpha value is -0.830. The van der Waals surface area contributed by atoms with Crippen molar-refractivity contribution in [2.45, 2.75) is 0 Å². The maximum Gasteiger partial charge on any atom is 0.327 e. The normalized spacial score (nSPS) is 5.43. The summed E-state index contributed by atoms with van der Waals surface area (Å²) in [6.45, 7) is 2.96. The highest BCUT2D eigenvalue weighted by molar-refractivity contribution is 5.78. The van der Waals surface area contributed by atoms with Gasteiger partial charge >= 0.3 is 5.97 Å². The monoisotopic (exact) mass is 102 g/mol. The van der Waals surface area contributed by atoms with E-state index in [9.17, 15) is 4.79 Å². The second-order valence-electron chi connectivity index (χ2n) is 0.542. The molecule has 0 bridgehead atoms. The molecule has 0 aliphatic carbocycles. The Labute approximate surface area is 41.9 Å².